The van der Waals surface area contributed by atoms with Crippen LogP contribution in [0.3, 0.4) is 0 Å². The second-order valence-electron chi connectivity index (χ2n) is 3.14. The lowest BCUT2D eigenvalue weighted by atomic mass is 10.1. The van der Waals surface area contributed by atoms with Gasteiger partial charge in [0.15, 0.2) is 0 Å². The van der Waals surface area contributed by atoms with Crippen LogP contribution in [0.2, 0.25) is 0 Å². The van der Waals surface area contributed by atoms with Crippen molar-refractivity contribution in [3.63, 3.8) is 0 Å². The zero-order valence-corrected chi connectivity index (χ0v) is 9.74. The number of hydrogen-bond donors (Lipinski definition) is 0. The van der Waals surface area contributed by atoms with E-state index in [0.29, 0.717) is 5.56 Å². The second-order valence-corrected chi connectivity index (χ2v) is 3.93. The van der Waals surface area contributed by atoms with E-state index in [4.69, 9.17) is 4.74 Å². The predicted octanol–water partition coefficient (Wildman–Crippen LogP) is 3.39. The monoisotopic (exact) mass is 264 g/mol. The van der Waals surface area contributed by atoms with Gasteiger partial charge >= 0.3 is 5.97 Å². The van der Waals surface area contributed by atoms with Gasteiger partial charge in [-0.1, -0.05) is 30.3 Å². The highest BCUT2D eigenvalue weighted by atomic mass is 79.9. The Morgan fingerprint density at radius 3 is 2.67 bits per heavy atom. The first-order chi connectivity index (χ1) is 7.24. The van der Waals surface area contributed by atoms with Crippen LogP contribution in [0.25, 0.3) is 10.8 Å². The van der Waals surface area contributed by atoms with Crippen molar-refractivity contribution in [2.75, 3.05) is 7.11 Å². The van der Waals surface area contributed by atoms with Crippen LogP contribution < -0.4 is 0 Å². The molecule has 0 aliphatic rings. The van der Waals surface area contributed by atoms with Crippen molar-refractivity contribution in [2.24, 2.45) is 0 Å². The third-order valence-corrected chi connectivity index (χ3v) is 3.12. The lowest BCUT2D eigenvalue weighted by Crippen LogP contribution is -2.02. The number of rotatable bonds is 1. The quantitative estimate of drug-likeness (QED) is 0.739. The number of fused-ring (bicyclic) bond motifs is 1. The Bertz CT molecular complexity index is 520. The highest BCUT2D eigenvalue weighted by molar-refractivity contribution is 9.10. The molecule has 0 spiro atoms. The highest BCUT2D eigenvalue weighted by Gasteiger charge is 2.11. The molecular formula is C12H9BrO2. The van der Waals surface area contributed by atoms with Gasteiger partial charge in [-0.15, -0.1) is 0 Å². The molecule has 0 aromatic heterocycles. The first-order valence-electron chi connectivity index (χ1n) is 4.49. The van der Waals surface area contributed by atoms with Gasteiger partial charge in [-0.2, -0.15) is 0 Å². The zero-order chi connectivity index (χ0) is 10.8. The van der Waals surface area contributed by atoms with Crippen molar-refractivity contribution in [3.05, 3.63) is 46.4 Å². The second kappa shape index (κ2) is 4.03. The minimum absolute atomic E-state index is 0.326. The van der Waals surface area contributed by atoms with Gasteiger partial charge in [-0.3, -0.25) is 0 Å². The Morgan fingerprint density at radius 2 is 1.93 bits per heavy atom. The predicted molar refractivity (Wildman–Crippen MR) is 63.0 cm³/mol. The summed E-state index contributed by atoms with van der Waals surface area (Å²) >= 11 is 3.42. The molecule has 0 radical (unpaired) electrons. The van der Waals surface area contributed by atoms with E-state index in [0.717, 1.165) is 15.2 Å². The number of benzene rings is 2. The standard InChI is InChI=1S/C12H9BrO2/c1-15-12(14)10-7-6-8-4-2-3-5-9(8)11(10)13/h2-7H,1H3. The van der Waals surface area contributed by atoms with Gasteiger partial charge in [0.2, 0.25) is 0 Å². The molecule has 0 saturated carbocycles. The van der Waals surface area contributed by atoms with Gasteiger partial charge in [0.1, 0.15) is 0 Å². The lowest BCUT2D eigenvalue weighted by Gasteiger charge is -2.05. The van der Waals surface area contributed by atoms with Gasteiger partial charge < -0.3 is 4.74 Å². The molecule has 3 heteroatoms. The maximum absolute atomic E-state index is 11.4. The molecule has 0 bridgehead atoms. The van der Waals surface area contributed by atoms with Crippen LogP contribution in [0.4, 0.5) is 0 Å². The number of carbonyl (C=O) groups is 1. The van der Waals surface area contributed by atoms with Crippen LogP contribution in [0.5, 0.6) is 0 Å². The average Bonchev–Trinajstić information content (AvgIpc) is 2.29. The number of carbonyl (C=O) groups excluding carboxylic acids is 1. The van der Waals surface area contributed by atoms with Crippen LogP contribution >= 0.6 is 15.9 Å². The van der Waals surface area contributed by atoms with Crippen molar-refractivity contribution in [3.8, 4) is 0 Å². The molecule has 76 valence electrons. The van der Waals surface area contributed by atoms with Crippen LogP contribution in [0.1, 0.15) is 10.4 Å². The topological polar surface area (TPSA) is 26.3 Å². The minimum atomic E-state index is -0.326. The van der Waals surface area contributed by atoms with Gasteiger partial charge in [0.05, 0.1) is 12.7 Å². The minimum Gasteiger partial charge on any atom is -0.465 e. The fraction of sp³-hybridized carbons (Fsp3) is 0.0833. The molecule has 0 amide bonds. The van der Waals surface area contributed by atoms with E-state index in [1.165, 1.54) is 7.11 Å². The summed E-state index contributed by atoms with van der Waals surface area (Å²) in [5.74, 6) is -0.326. The van der Waals surface area contributed by atoms with E-state index in [1.54, 1.807) is 6.07 Å². The molecule has 2 aromatic carbocycles. The van der Waals surface area contributed by atoms with Crippen molar-refractivity contribution in [1.82, 2.24) is 0 Å². The molecule has 0 fully saturated rings. The maximum atomic E-state index is 11.4. The Hall–Kier alpha value is -1.35. The normalized spacial score (nSPS) is 10.3. The fourth-order valence-corrected chi connectivity index (χ4v) is 2.16. The first-order valence-corrected chi connectivity index (χ1v) is 5.29. The summed E-state index contributed by atoms with van der Waals surface area (Å²) in [7, 11) is 1.38. The molecule has 0 N–H and O–H groups in total. The number of esters is 1. The Balaban J connectivity index is 2.70. The Labute approximate surface area is 96.0 Å². The van der Waals surface area contributed by atoms with Gasteiger partial charge in [0, 0.05) is 4.47 Å². The Kier molecular flexibility index (Phi) is 2.73. The van der Waals surface area contributed by atoms with Gasteiger partial charge in [0.25, 0.3) is 0 Å². The Morgan fingerprint density at radius 1 is 1.20 bits per heavy atom. The molecule has 2 nitrogen and oxygen atoms in total. The third-order valence-electron chi connectivity index (χ3n) is 2.27. The maximum Gasteiger partial charge on any atom is 0.339 e. The molecule has 0 atom stereocenters. The van der Waals surface area contributed by atoms with Crippen LogP contribution in [-0.4, -0.2) is 13.1 Å². The summed E-state index contributed by atoms with van der Waals surface area (Å²) in [5.41, 5.74) is 0.552. The van der Waals surface area contributed by atoms with Crippen LogP contribution in [0, 0.1) is 0 Å². The number of ether oxygens (including phenoxy) is 1. The molecule has 0 aliphatic carbocycles. The van der Waals surface area contributed by atoms with Gasteiger partial charge in [-0.05, 0) is 32.8 Å². The van der Waals surface area contributed by atoms with Crippen molar-refractivity contribution in [2.45, 2.75) is 0 Å². The van der Waals surface area contributed by atoms with E-state index in [2.05, 4.69) is 15.9 Å². The molecule has 0 saturated heterocycles. The van der Waals surface area contributed by atoms with Crippen molar-refractivity contribution < 1.29 is 9.53 Å². The van der Waals surface area contributed by atoms with Gasteiger partial charge in [-0.25, -0.2) is 4.79 Å². The van der Waals surface area contributed by atoms with E-state index in [1.807, 2.05) is 30.3 Å². The molecule has 2 rings (SSSR count). The number of hydrogen-bond acceptors (Lipinski definition) is 2. The summed E-state index contributed by atoms with van der Waals surface area (Å²) < 4.78 is 5.48. The van der Waals surface area contributed by atoms with Crippen molar-refractivity contribution >= 4 is 32.7 Å². The summed E-state index contributed by atoms with van der Waals surface area (Å²) in [6, 6.07) is 11.5. The summed E-state index contributed by atoms with van der Waals surface area (Å²) in [6.07, 6.45) is 0. The molecule has 2 aromatic rings. The molecule has 0 aliphatic heterocycles. The largest absolute Gasteiger partial charge is 0.465 e. The first kappa shape index (κ1) is 10.2. The van der Waals surface area contributed by atoms with E-state index in [9.17, 15) is 4.79 Å². The van der Waals surface area contributed by atoms with Crippen LogP contribution in [0.15, 0.2) is 40.9 Å². The molecular weight excluding hydrogens is 256 g/mol. The summed E-state index contributed by atoms with van der Waals surface area (Å²) in [6.45, 7) is 0. The summed E-state index contributed by atoms with van der Waals surface area (Å²) in [5, 5.41) is 2.11. The third kappa shape index (κ3) is 1.75. The van der Waals surface area contributed by atoms with Crippen molar-refractivity contribution in [1.29, 1.82) is 0 Å². The van der Waals surface area contributed by atoms with Crippen LogP contribution in [-0.2, 0) is 4.74 Å². The van der Waals surface area contributed by atoms with E-state index in [-0.39, 0.29) is 5.97 Å². The van der Waals surface area contributed by atoms with E-state index >= 15 is 0 Å². The number of methoxy groups -OCH3 is 1. The molecule has 0 heterocycles. The van der Waals surface area contributed by atoms with E-state index < -0.39 is 0 Å². The number of halogens is 1. The molecule has 15 heavy (non-hydrogen) atoms. The fourth-order valence-electron chi connectivity index (χ4n) is 1.50. The summed E-state index contributed by atoms with van der Waals surface area (Å²) in [4.78, 5) is 11.4. The molecule has 0 unspecified atom stereocenters. The highest BCUT2D eigenvalue weighted by Crippen LogP contribution is 2.27. The smallest absolute Gasteiger partial charge is 0.339 e. The zero-order valence-electron chi connectivity index (χ0n) is 8.16. The SMILES string of the molecule is COC(=O)c1ccc2ccccc2c1Br. The average molecular weight is 265 g/mol. The lowest BCUT2D eigenvalue weighted by molar-refractivity contribution is 0.0600.